The molecular formula is C21H24N2O4. The molecule has 0 saturated carbocycles. The van der Waals surface area contributed by atoms with Crippen molar-refractivity contribution in [1.82, 2.24) is 4.90 Å². The molecule has 1 aromatic carbocycles. The number of nitrogens with one attached hydrogen (secondary N) is 1. The smallest absolute Gasteiger partial charge is 0.337 e. The van der Waals surface area contributed by atoms with Crippen molar-refractivity contribution >= 4 is 17.6 Å². The van der Waals surface area contributed by atoms with Crippen LogP contribution in [0.1, 0.15) is 25.3 Å². The van der Waals surface area contributed by atoms with Crippen LogP contribution in [0.25, 0.3) is 0 Å². The molecule has 1 amide bonds. The molecule has 1 unspecified atom stereocenters. The van der Waals surface area contributed by atoms with Crippen LogP contribution in [0.4, 0.5) is 5.69 Å². The summed E-state index contributed by atoms with van der Waals surface area (Å²) in [5, 5.41) is 3.10. The van der Waals surface area contributed by atoms with Crippen LogP contribution in [-0.2, 0) is 24.5 Å². The summed E-state index contributed by atoms with van der Waals surface area (Å²) in [6.07, 6.45) is 3.32. The molecule has 5 atom stereocenters. The molecule has 1 spiro atoms. The molecule has 5 rings (SSSR count). The monoisotopic (exact) mass is 368 g/mol. The molecule has 2 saturated heterocycles. The van der Waals surface area contributed by atoms with Crippen LogP contribution in [0, 0.1) is 11.8 Å². The number of carbonyl (C=O) groups excluding carboxylic acids is 2. The Bertz CT molecular complexity index is 850. The molecule has 6 nitrogen and oxygen atoms in total. The highest BCUT2D eigenvalue weighted by Crippen LogP contribution is 2.55. The first-order valence-corrected chi connectivity index (χ1v) is 9.67. The van der Waals surface area contributed by atoms with E-state index < -0.39 is 5.41 Å². The average molecular weight is 368 g/mol. The Labute approximate surface area is 158 Å². The predicted molar refractivity (Wildman–Crippen MR) is 99.0 cm³/mol. The van der Waals surface area contributed by atoms with Gasteiger partial charge in [-0.2, -0.15) is 0 Å². The third-order valence-electron chi connectivity index (χ3n) is 7.10. The number of fused-ring (bicyclic) bond motifs is 6. The van der Waals surface area contributed by atoms with Crippen LogP contribution in [0.5, 0.6) is 0 Å². The number of piperidine rings is 1. The van der Waals surface area contributed by atoms with Crippen molar-refractivity contribution in [3.63, 3.8) is 0 Å². The number of anilines is 1. The number of esters is 1. The van der Waals surface area contributed by atoms with Crippen molar-refractivity contribution in [2.24, 2.45) is 11.8 Å². The fraction of sp³-hybridized carbons (Fsp3) is 0.524. The second-order valence-corrected chi connectivity index (χ2v) is 8.09. The lowest BCUT2D eigenvalue weighted by Gasteiger charge is -2.50. The molecule has 0 aliphatic carbocycles. The number of carbonyl (C=O) groups is 2. The van der Waals surface area contributed by atoms with Crippen molar-refractivity contribution < 1.29 is 19.1 Å². The molecule has 0 bridgehead atoms. The summed E-state index contributed by atoms with van der Waals surface area (Å²) < 4.78 is 10.9. The van der Waals surface area contributed by atoms with Crippen LogP contribution in [0.15, 0.2) is 36.1 Å². The molecule has 27 heavy (non-hydrogen) atoms. The maximum atomic E-state index is 13.3. The van der Waals surface area contributed by atoms with Gasteiger partial charge in [-0.3, -0.25) is 9.69 Å². The SMILES string of the molecule is COC(=O)C1=CO[C@H](C)[C@H]2CCN3CCC4(C(=O)Nc5ccccc54)[C@@H]3[C@H]12. The molecule has 4 aliphatic rings. The number of nitrogens with zero attached hydrogens (tertiary/aromatic N) is 1. The number of methoxy groups -OCH3 is 1. The predicted octanol–water partition coefficient (Wildman–Crippen LogP) is 2.06. The molecule has 6 heteroatoms. The van der Waals surface area contributed by atoms with Gasteiger partial charge < -0.3 is 14.8 Å². The van der Waals surface area contributed by atoms with Gasteiger partial charge in [0.25, 0.3) is 0 Å². The second kappa shape index (κ2) is 5.83. The van der Waals surface area contributed by atoms with Gasteiger partial charge in [-0.1, -0.05) is 18.2 Å². The van der Waals surface area contributed by atoms with Crippen LogP contribution in [0.2, 0.25) is 0 Å². The van der Waals surface area contributed by atoms with Crippen molar-refractivity contribution in [3.8, 4) is 0 Å². The zero-order chi connectivity index (χ0) is 18.8. The van der Waals surface area contributed by atoms with Gasteiger partial charge in [-0.25, -0.2) is 4.79 Å². The van der Waals surface area contributed by atoms with Crippen molar-refractivity contribution in [2.75, 3.05) is 25.5 Å². The Hall–Kier alpha value is -2.34. The fourth-order valence-corrected chi connectivity index (χ4v) is 5.90. The van der Waals surface area contributed by atoms with E-state index >= 15 is 0 Å². The van der Waals surface area contributed by atoms with E-state index in [1.54, 1.807) is 6.26 Å². The summed E-state index contributed by atoms with van der Waals surface area (Å²) >= 11 is 0. The van der Waals surface area contributed by atoms with Gasteiger partial charge >= 0.3 is 5.97 Å². The number of rotatable bonds is 1. The molecule has 2 fully saturated rings. The summed E-state index contributed by atoms with van der Waals surface area (Å²) in [5.41, 5.74) is 1.90. The van der Waals surface area contributed by atoms with Crippen LogP contribution < -0.4 is 5.32 Å². The van der Waals surface area contributed by atoms with Gasteiger partial charge in [0, 0.05) is 23.6 Å². The van der Waals surface area contributed by atoms with E-state index in [0.717, 1.165) is 37.2 Å². The molecule has 4 heterocycles. The Morgan fingerprint density at radius 3 is 2.96 bits per heavy atom. The quantitative estimate of drug-likeness (QED) is 0.769. The summed E-state index contributed by atoms with van der Waals surface area (Å²) in [4.78, 5) is 28.3. The number of amides is 1. The van der Waals surface area contributed by atoms with E-state index in [-0.39, 0.29) is 35.9 Å². The largest absolute Gasteiger partial charge is 0.497 e. The van der Waals surface area contributed by atoms with Crippen LogP contribution >= 0.6 is 0 Å². The molecular weight excluding hydrogens is 344 g/mol. The third kappa shape index (κ3) is 2.10. The first-order valence-electron chi connectivity index (χ1n) is 9.67. The van der Waals surface area contributed by atoms with E-state index in [1.807, 2.05) is 18.2 Å². The maximum absolute atomic E-state index is 13.3. The van der Waals surface area contributed by atoms with Gasteiger partial charge in [-0.15, -0.1) is 0 Å². The van der Waals surface area contributed by atoms with E-state index in [0.29, 0.717) is 5.57 Å². The standard InChI is InChI=1S/C21H24N2O4/c1-12-13-7-9-23-10-8-21(15-5-3-4-6-16(15)22-20(21)25)18(23)17(13)14(11-27-12)19(24)26-2/h3-6,11-13,17-18H,7-10H2,1-2H3,(H,22,25)/t12-,13-,17+,18+,21?/m1/s1. The topological polar surface area (TPSA) is 67.9 Å². The van der Waals surface area contributed by atoms with Gasteiger partial charge in [0.05, 0.1) is 30.5 Å². The lowest BCUT2D eigenvalue weighted by Crippen LogP contribution is -2.59. The number of hydrogen-bond donors (Lipinski definition) is 1. The zero-order valence-corrected chi connectivity index (χ0v) is 15.6. The minimum Gasteiger partial charge on any atom is -0.497 e. The number of para-hydroxylation sites is 1. The zero-order valence-electron chi connectivity index (χ0n) is 15.6. The highest BCUT2D eigenvalue weighted by Gasteiger charge is 2.64. The Morgan fingerprint density at radius 2 is 2.15 bits per heavy atom. The van der Waals surface area contributed by atoms with E-state index in [2.05, 4.69) is 23.2 Å². The summed E-state index contributed by atoms with van der Waals surface area (Å²) in [6.45, 7) is 3.84. The Balaban J connectivity index is 1.68. The highest BCUT2D eigenvalue weighted by atomic mass is 16.5. The highest BCUT2D eigenvalue weighted by molar-refractivity contribution is 6.07. The van der Waals surface area contributed by atoms with Crippen LogP contribution in [0.3, 0.4) is 0 Å². The normalized spacial score (nSPS) is 37.0. The van der Waals surface area contributed by atoms with Crippen LogP contribution in [-0.4, -0.2) is 49.1 Å². The first kappa shape index (κ1) is 16.8. The molecule has 1 N–H and O–H groups in total. The van der Waals surface area contributed by atoms with Crippen molar-refractivity contribution in [1.29, 1.82) is 0 Å². The number of ether oxygens (including phenoxy) is 2. The Kier molecular flexibility index (Phi) is 3.63. The maximum Gasteiger partial charge on any atom is 0.337 e. The first-order chi connectivity index (χ1) is 13.1. The third-order valence-corrected chi connectivity index (χ3v) is 7.10. The van der Waals surface area contributed by atoms with Gasteiger partial charge in [0.2, 0.25) is 5.91 Å². The lowest BCUT2D eigenvalue weighted by atomic mass is 9.62. The van der Waals surface area contributed by atoms with E-state index in [4.69, 9.17) is 9.47 Å². The molecule has 4 aliphatic heterocycles. The number of benzene rings is 1. The van der Waals surface area contributed by atoms with E-state index in [1.165, 1.54) is 7.11 Å². The summed E-state index contributed by atoms with van der Waals surface area (Å²) in [5.74, 6) is -0.178. The molecule has 142 valence electrons. The van der Waals surface area contributed by atoms with Gasteiger partial charge in [0.15, 0.2) is 0 Å². The van der Waals surface area contributed by atoms with Crippen molar-refractivity contribution in [2.45, 2.75) is 37.3 Å². The van der Waals surface area contributed by atoms with E-state index in [9.17, 15) is 9.59 Å². The summed E-state index contributed by atoms with van der Waals surface area (Å²) in [6, 6.07) is 7.91. The fourth-order valence-electron chi connectivity index (χ4n) is 5.90. The second-order valence-electron chi connectivity index (χ2n) is 8.09. The Morgan fingerprint density at radius 1 is 1.33 bits per heavy atom. The molecule has 0 radical (unpaired) electrons. The van der Waals surface area contributed by atoms with Gasteiger partial charge in [0.1, 0.15) is 0 Å². The average Bonchev–Trinajstić information content (AvgIpc) is 3.21. The lowest BCUT2D eigenvalue weighted by molar-refractivity contribution is -0.140. The molecule has 1 aromatic rings. The van der Waals surface area contributed by atoms with Crippen molar-refractivity contribution in [3.05, 3.63) is 41.7 Å². The number of hydrogen-bond acceptors (Lipinski definition) is 5. The summed E-state index contributed by atoms with van der Waals surface area (Å²) in [7, 11) is 1.40. The minimum absolute atomic E-state index is 0.0166. The minimum atomic E-state index is -0.621. The van der Waals surface area contributed by atoms with Gasteiger partial charge in [-0.05, 0) is 44.5 Å². The molecule has 0 aromatic heterocycles.